The van der Waals surface area contributed by atoms with Gasteiger partial charge in [-0.15, -0.1) is 5.10 Å². The first-order chi connectivity index (χ1) is 9.91. The molecule has 1 unspecified atom stereocenters. The third kappa shape index (κ3) is 1.70. The maximum Gasteiger partial charge on any atom is 0.244 e. The van der Waals surface area contributed by atoms with Crippen molar-refractivity contribution in [3.63, 3.8) is 0 Å². The molecule has 2 aliphatic heterocycles. The van der Waals surface area contributed by atoms with E-state index in [1.54, 1.807) is 0 Å². The number of aromatic amines is 1. The minimum Gasteiger partial charge on any atom is -0.420 e. The Kier molecular flexibility index (Phi) is 2.99. The molecule has 21 heavy (non-hydrogen) atoms. The summed E-state index contributed by atoms with van der Waals surface area (Å²) in [5.74, 6) is 1.03. The highest BCUT2D eigenvalue weighted by molar-refractivity contribution is 5.54. The second-order valence-corrected chi connectivity index (χ2v) is 6.51. The average molecular weight is 288 g/mol. The summed E-state index contributed by atoms with van der Waals surface area (Å²) in [5, 5.41) is 16.9. The lowest BCUT2D eigenvalue weighted by atomic mass is 9.60. The van der Waals surface area contributed by atoms with Gasteiger partial charge >= 0.3 is 0 Å². The van der Waals surface area contributed by atoms with Crippen LogP contribution in [-0.2, 0) is 5.41 Å². The zero-order valence-electron chi connectivity index (χ0n) is 12.9. The number of ether oxygens (including phenoxy) is 1. The van der Waals surface area contributed by atoms with Gasteiger partial charge in [-0.05, 0) is 13.8 Å². The minimum absolute atomic E-state index is 0.204. The van der Waals surface area contributed by atoms with Crippen LogP contribution in [0.15, 0.2) is 11.5 Å². The minimum atomic E-state index is -0.386. The number of allylic oxidation sites excluding steroid dienone is 1. The van der Waals surface area contributed by atoms with Crippen molar-refractivity contribution in [2.45, 2.75) is 38.6 Å². The second-order valence-electron chi connectivity index (χ2n) is 6.51. The van der Waals surface area contributed by atoms with Gasteiger partial charge in [0.2, 0.25) is 11.8 Å². The summed E-state index contributed by atoms with van der Waals surface area (Å²) in [4.78, 5) is 1.48. The van der Waals surface area contributed by atoms with Crippen molar-refractivity contribution in [3.05, 3.63) is 22.7 Å². The third-order valence-electron chi connectivity index (χ3n) is 5.31. The number of nitrogens with two attached hydrogens (primary N) is 1. The Morgan fingerprint density at radius 1 is 1.52 bits per heavy atom. The van der Waals surface area contributed by atoms with Gasteiger partial charge < -0.3 is 15.4 Å². The Hall–Kier alpha value is -2.00. The van der Waals surface area contributed by atoms with Crippen molar-refractivity contribution in [3.8, 4) is 11.9 Å². The molecule has 1 spiro atoms. The van der Waals surface area contributed by atoms with Gasteiger partial charge in [-0.2, -0.15) is 5.26 Å². The Morgan fingerprint density at radius 2 is 2.24 bits per heavy atom. The molecule has 112 valence electrons. The molecule has 3 heterocycles. The van der Waals surface area contributed by atoms with Crippen LogP contribution in [0.1, 0.15) is 31.5 Å². The summed E-state index contributed by atoms with van der Waals surface area (Å²) >= 11 is 0. The van der Waals surface area contributed by atoms with Crippen LogP contribution in [-0.4, -0.2) is 29.8 Å². The number of nitrogens with zero attached hydrogens (tertiary/aromatic N) is 2. The normalized spacial score (nSPS) is 35.3. The highest BCUT2D eigenvalue weighted by atomic mass is 16.5. The molecule has 1 fully saturated rings. The summed E-state index contributed by atoms with van der Waals surface area (Å²) in [6.45, 7) is 7.39. The third-order valence-corrected chi connectivity index (χ3v) is 5.31. The number of quaternary nitrogens is 1. The average Bonchev–Trinajstić information content (AvgIpc) is 2.78. The zero-order valence-corrected chi connectivity index (χ0v) is 12.9. The fourth-order valence-electron chi connectivity index (χ4n) is 4.07. The van der Waals surface area contributed by atoms with Crippen LogP contribution in [0, 0.1) is 24.2 Å². The number of aromatic nitrogens is 2. The number of rotatable bonds is 0. The number of aryl methyl sites for hydroxylation is 1. The SMILES string of the molecule is Cc1[nH]nc2c1[C@@]1(C[C@H](C)[NH+](C)C[C@H]1C)C(C#N)=C(N)O2. The Bertz CT molecular complexity index is 656. The van der Waals surface area contributed by atoms with Crippen LogP contribution in [0.3, 0.4) is 0 Å². The number of fused-ring (bicyclic) bond motifs is 2. The molecule has 4 N–H and O–H groups in total. The van der Waals surface area contributed by atoms with Crippen molar-refractivity contribution < 1.29 is 9.64 Å². The fraction of sp³-hybridized carbons (Fsp3) is 0.600. The largest absolute Gasteiger partial charge is 0.420 e. The molecule has 0 bridgehead atoms. The van der Waals surface area contributed by atoms with Crippen molar-refractivity contribution >= 4 is 0 Å². The van der Waals surface area contributed by atoms with E-state index in [1.807, 2.05) is 6.92 Å². The number of nitriles is 1. The summed E-state index contributed by atoms with van der Waals surface area (Å²) in [6, 6.07) is 2.76. The van der Waals surface area contributed by atoms with Crippen LogP contribution in [0.5, 0.6) is 5.88 Å². The van der Waals surface area contributed by atoms with Crippen LogP contribution in [0.2, 0.25) is 0 Å². The number of H-pyrrole nitrogens is 1. The van der Waals surface area contributed by atoms with Crippen molar-refractivity contribution in [2.75, 3.05) is 13.6 Å². The first kappa shape index (κ1) is 14.0. The molecule has 6 heteroatoms. The Morgan fingerprint density at radius 3 is 2.90 bits per heavy atom. The number of hydrogen-bond acceptors (Lipinski definition) is 4. The van der Waals surface area contributed by atoms with E-state index in [-0.39, 0.29) is 11.3 Å². The summed E-state index contributed by atoms with van der Waals surface area (Å²) in [5.41, 5.74) is 8.19. The molecular weight excluding hydrogens is 266 g/mol. The van der Waals surface area contributed by atoms with Gasteiger partial charge in [0.1, 0.15) is 11.6 Å². The van der Waals surface area contributed by atoms with Gasteiger partial charge in [-0.3, -0.25) is 5.10 Å². The topological polar surface area (TPSA) is 92.2 Å². The van der Waals surface area contributed by atoms with E-state index in [4.69, 9.17) is 10.5 Å². The first-order valence-corrected chi connectivity index (χ1v) is 7.37. The lowest BCUT2D eigenvalue weighted by Gasteiger charge is -2.47. The van der Waals surface area contributed by atoms with Gasteiger partial charge in [0.25, 0.3) is 0 Å². The second kappa shape index (κ2) is 4.50. The smallest absolute Gasteiger partial charge is 0.244 e. The lowest BCUT2D eigenvalue weighted by Crippen LogP contribution is -3.15. The number of likely N-dealkylation sites (tertiary alicyclic amines) is 1. The standard InChI is InChI=1S/C15H21N5O/c1-8-7-20(4)9(2)5-15(8)11(6-16)13(17)21-14-12(15)10(3)18-19-14/h8-9H,5,7,17H2,1-4H3,(H,18,19)/p+1/t8-,9+,15-/m1/s1. The van der Waals surface area contributed by atoms with E-state index in [9.17, 15) is 5.26 Å². The summed E-state index contributed by atoms with van der Waals surface area (Å²) < 4.78 is 5.58. The van der Waals surface area contributed by atoms with Gasteiger partial charge in [-0.25, -0.2) is 0 Å². The molecule has 0 radical (unpaired) electrons. The molecule has 0 amide bonds. The molecule has 1 saturated heterocycles. The molecule has 0 aromatic carbocycles. The highest BCUT2D eigenvalue weighted by Gasteiger charge is 2.55. The van der Waals surface area contributed by atoms with Crippen molar-refractivity contribution in [1.82, 2.24) is 10.2 Å². The maximum absolute atomic E-state index is 9.70. The number of piperidine rings is 1. The highest BCUT2D eigenvalue weighted by Crippen LogP contribution is 2.51. The van der Waals surface area contributed by atoms with E-state index in [0.29, 0.717) is 23.4 Å². The van der Waals surface area contributed by atoms with Crippen LogP contribution in [0.4, 0.5) is 0 Å². The maximum atomic E-state index is 9.70. The van der Waals surface area contributed by atoms with Crippen molar-refractivity contribution in [2.24, 2.45) is 11.7 Å². The van der Waals surface area contributed by atoms with E-state index < -0.39 is 0 Å². The molecule has 4 atom stereocenters. The van der Waals surface area contributed by atoms with Gasteiger partial charge in [0.05, 0.1) is 25.0 Å². The van der Waals surface area contributed by atoms with Crippen LogP contribution in [0.25, 0.3) is 0 Å². The quantitative estimate of drug-likeness (QED) is 0.626. The van der Waals surface area contributed by atoms with E-state index in [2.05, 4.69) is 37.2 Å². The summed E-state index contributed by atoms with van der Waals surface area (Å²) in [6.07, 6.45) is 0.875. The van der Waals surface area contributed by atoms with Gasteiger partial charge in [0.15, 0.2) is 0 Å². The molecule has 0 aliphatic carbocycles. The van der Waals surface area contributed by atoms with Crippen molar-refractivity contribution in [1.29, 1.82) is 5.26 Å². The Balaban J connectivity index is 2.26. The summed E-state index contributed by atoms with van der Waals surface area (Å²) in [7, 11) is 2.20. The van der Waals surface area contributed by atoms with E-state index in [1.165, 1.54) is 4.90 Å². The first-order valence-electron chi connectivity index (χ1n) is 7.37. The monoisotopic (exact) mass is 288 g/mol. The number of hydrogen-bond donors (Lipinski definition) is 3. The van der Waals surface area contributed by atoms with Gasteiger partial charge in [0, 0.05) is 23.6 Å². The lowest BCUT2D eigenvalue weighted by molar-refractivity contribution is -0.914. The predicted molar refractivity (Wildman–Crippen MR) is 77.5 cm³/mol. The predicted octanol–water partition coefficient (Wildman–Crippen LogP) is -0.0148. The molecule has 3 rings (SSSR count). The molecule has 6 nitrogen and oxygen atoms in total. The molecule has 2 aliphatic rings. The molecule has 0 saturated carbocycles. The van der Waals surface area contributed by atoms with E-state index >= 15 is 0 Å². The fourth-order valence-corrected chi connectivity index (χ4v) is 4.07. The molecule has 1 aromatic rings. The van der Waals surface area contributed by atoms with E-state index in [0.717, 1.165) is 24.2 Å². The van der Waals surface area contributed by atoms with Gasteiger partial charge in [-0.1, -0.05) is 6.92 Å². The van der Waals surface area contributed by atoms with Crippen LogP contribution >= 0.6 is 0 Å². The zero-order chi connectivity index (χ0) is 15.4. The molecular formula is C15H22N5O+. The molecule has 1 aromatic heterocycles. The number of nitrogens with one attached hydrogen (secondary N) is 2. The Labute approximate surface area is 124 Å². The van der Waals surface area contributed by atoms with Crippen LogP contribution < -0.4 is 15.4 Å².